The van der Waals surface area contributed by atoms with Crippen molar-refractivity contribution in [1.82, 2.24) is 5.32 Å². The van der Waals surface area contributed by atoms with Crippen LogP contribution in [0.1, 0.15) is 46.0 Å². The van der Waals surface area contributed by atoms with Crippen LogP contribution in [0, 0.1) is 0 Å². The summed E-state index contributed by atoms with van der Waals surface area (Å²) in [7, 11) is 0. The van der Waals surface area contributed by atoms with Crippen molar-refractivity contribution in [1.29, 1.82) is 0 Å². The monoisotopic (exact) mass is 290 g/mol. The summed E-state index contributed by atoms with van der Waals surface area (Å²) in [6.07, 6.45) is 4.91. The number of carbonyl (C=O) groups is 2. The molecule has 0 saturated heterocycles. The molecular formula is C13H26N2O3S. The van der Waals surface area contributed by atoms with Crippen LogP contribution in [0.2, 0.25) is 0 Å². The molecule has 0 aromatic rings. The van der Waals surface area contributed by atoms with Crippen LogP contribution in [-0.2, 0) is 9.59 Å². The van der Waals surface area contributed by atoms with E-state index in [-0.39, 0.29) is 11.9 Å². The average molecular weight is 290 g/mol. The minimum absolute atomic E-state index is 0.0119. The van der Waals surface area contributed by atoms with E-state index < -0.39 is 12.0 Å². The smallest absolute Gasteiger partial charge is 0.320 e. The van der Waals surface area contributed by atoms with Gasteiger partial charge in [0.25, 0.3) is 0 Å². The zero-order chi connectivity index (χ0) is 14.7. The third-order valence-electron chi connectivity index (χ3n) is 2.77. The van der Waals surface area contributed by atoms with Crippen LogP contribution in [-0.4, -0.2) is 40.6 Å². The van der Waals surface area contributed by atoms with Gasteiger partial charge in [-0.25, -0.2) is 0 Å². The molecule has 0 saturated carbocycles. The predicted molar refractivity (Wildman–Crippen MR) is 79.3 cm³/mol. The van der Waals surface area contributed by atoms with Gasteiger partial charge in [0.15, 0.2) is 0 Å². The summed E-state index contributed by atoms with van der Waals surface area (Å²) in [5.74, 6) is -0.0252. The van der Waals surface area contributed by atoms with Crippen molar-refractivity contribution in [3.63, 3.8) is 0 Å². The minimum Gasteiger partial charge on any atom is -0.480 e. The van der Waals surface area contributed by atoms with Gasteiger partial charge < -0.3 is 16.2 Å². The van der Waals surface area contributed by atoms with E-state index in [9.17, 15) is 9.59 Å². The number of carboxylic acids is 1. The fraction of sp³-hybridized carbons (Fsp3) is 0.846. The number of hydrogen-bond acceptors (Lipinski definition) is 4. The zero-order valence-electron chi connectivity index (χ0n) is 11.9. The highest BCUT2D eigenvalue weighted by Gasteiger charge is 2.11. The molecule has 5 nitrogen and oxygen atoms in total. The fourth-order valence-corrected chi connectivity index (χ4v) is 2.42. The first-order valence-corrected chi connectivity index (χ1v) is 7.98. The summed E-state index contributed by atoms with van der Waals surface area (Å²) in [5.41, 5.74) is 5.37. The van der Waals surface area contributed by atoms with E-state index in [0.717, 1.165) is 12.8 Å². The van der Waals surface area contributed by atoms with Crippen LogP contribution in [0.5, 0.6) is 0 Å². The molecular weight excluding hydrogens is 264 g/mol. The van der Waals surface area contributed by atoms with Crippen molar-refractivity contribution < 1.29 is 14.7 Å². The molecule has 2 unspecified atom stereocenters. The number of unbranched alkanes of at least 4 members (excludes halogenated alkanes) is 2. The fourth-order valence-electron chi connectivity index (χ4n) is 1.59. The molecule has 19 heavy (non-hydrogen) atoms. The summed E-state index contributed by atoms with van der Waals surface area (Å²) in [4.78, 5) is 22.1. The Kier molecular flexibility index (Phi) is 10.7. The minimum atomic E-state index is -0.991. The summed E-state index contributed by atoms with van der Waals surface area (Å²) < 4.78 is 0. The molecule has 0 rings (SSSR count). The third kappa shape index (κ3) is 10.8. The van der Waals surface area contributed by atoms with Gasteiger partial charge in [0.1, 0.15) is 6.04 Å². The molecule has 0 aliphatic rings. The lowest BCUT2D eigenvalue weighted by atomic mass is 10.1. The summed E-state index contributed by atoms with van der Waals surface area (Å²) >= 11 is 1.42. The Balaban J connectivity index is 3.56. The Morgan fingerprint density at radius 2 is 2.00 bits per heavy atom. The normalized spacial score (nSPS) is 13.8. The molecule has 0 aliphatic carbocycles. The highest BCUT2D eigenvalue weighted by atomic mass is 32.2. The van der Waals surface area contributed by atoms with Gasteiger partial charge in [0, 0.05) is 6.04 Å². The number of carboxylic acid groups (broad SMARTS) is 1. The number of rotatable bonds is 11. The number of thioether (sulfide) groups is 1. The molecule has 0 fully saturated rings. The molecule has 2 atom stereocenters. The predicted octanol–water partition coefficient (Wildman–Crippen LogP) is 1.61. The van der Waals surface area contributed by atoms with Crippen LogP contribution >= 0.6 is 11.8 Å². The second-order valence-electron chi connectivity index (χ2n) is 4.75. The highest BCUT2D eigenvalue weighted by molar-refractivity contribution is 7.99. The molecule has 0 aliphatic heterocycles. The third-order valence-corrected chi connectivity index (χ3v) is 3.76. The molecule has 0 radical (unpaired) electrons. The number of hydrogen-bond donors (Lipinski definition) is 3. The van der Waals surface area contributed by atoms with E-state index in [4.69, 9.17) is 10.8 Å². The van der Waals surface area contributed by atoms with Gasteiger partial charge >= 0.3 is 5.97 Å². The van der Waals surface area contributed by atoms with Crippen LogP contribution in [0.3, 0.4) is 0 Å². The van der Waals surface area contributed by atoms with E-state index >= 15 is 0 Å². The standard InChI is InChI=1S/C13H26N2O3S/c1-3-4-5-6-10(2)15-12(16)9-19-8-7-11(14)13(17)18/h10-11H,3-9,14H2,1-2H3,(H,15,16)(H,17,18). The SMILES string of the molecule is CCCCCC(C)NC(=O)CSCCC(N)C(=O)O. The maximum absolute atomic E-state index is 11.6. The number of nitrogens with one attached hydrogen (secondary N) is 1. The second-order valence-corrected chi connectivity index (χ2v) is 5.86. The molecule has 0 spiro atoms. The molecule has 0 heterocycles. The summed E-state index contributed by atoms with van der Waals surface area (Å²) in [6.45, 7) is 4.17. The number of carbonyl (C=O) groups excluding carboxylic acids is 1. The molecule has 4 N–H and O–H groups in total. The van der Waals surface area contributed by atoms with Gasteiger partial charge in [0.05, 0.1) is 5.75 Å². The van der Waals surface area contributed by atoms with Crippen molar-refractivity contribution in [2.45, 2.75) is 58.0 Å². The highest BCUT2D eigenvalue weighted by Crippen LogP contribution is 2.06. The van der Waals surface area contributed by atoms with Crippen molar-refractivity contribution in [2.75, 3.05) is 11.5 Å². The maximum Gasteiger partial charge on any atom is 0.320 e. The Hall–Kier alpha value is -0.750. The first-order valence-electron chi connectivity index (χ1n) is 6.82. The lowest BCUT2D eigenvalue weighted by molar-refractivity contribution is -0.138. The first kappa shape index (κ1) is 18.2. The Labute approximate surface area is 119 Å². The summed E-state index contributed by atoms with van der Waals surface area (Å²) in [5, 5.41) is 11.5. The van der Waals surface area contributed by atoms with E-state index in [0.29, 0.717) is 17.9 Å². The van der Waals surface area contributed by atoms with Gasteiger partial charge in [-0.05, 0) is 25.5 Å². The van der Waals surface area contributed by atoms with Crippen LogP contribution in [0.4, 0.5) is 0 Å². The lowest BCUT2D eigenvalue weighted by Crippen LogP contribution is -2.34. The van der Waals surface area contributed by atoms with Crippen LogP contribution in [0.15, 0.2) is 0 Å². The molecule has 1 amide bonds. The number of amides is 1. The van der Waals surface area contributed by atoms with Crippen molar-refractivity contribution >= 4 is 23.6 Å². The van der Waals surface area contributed by atoms with E-state index in [2.05, 4.69) is 12.2 Å². The number of aliphatic carboxylic acids is 1. The van der Waals surface area contributed by atoms with Gasteiger partial charge in [-0.2, -0.15) is 11.8 Å². The molecule has 0 bridgehead atoms. The van der Waals surface area contributed by atoms with E-state index in [1.165, 1.54) is 24.6 Å². The Bertz CT molecular complexity index is 275. The quantitative estimate of drug-likeness (QED) is 0.503. The van der Waals surface area contributed by atoms with Crippen LogP contribution < -0.4 is 11.1 Å². The molecule has 112 valence electrons. The molecule has 0 aromatic carbocycles. The maximum atomic E-state index is 11.6. The van der Waals surface area contributed by atoms with E-state index in [1.54, 1.807) is 0 Å². The number of nitrogens with two attached hydrogens (primary N) is 1. The molecule has 6 heteroatoms. The van der Waals surface area contributed by atoms with Gasteiger partial charge in [-0.3, -0.25) is 9.59 Å². The molecule has 0 aromatic heterocycles. The van der Waals surface area contributed by atoms with E-state index in [1.807, 2.05) is 6.92 Å². The Morgan fingerprint density at radius 3 is 2.58 bits per heavy atom. The van der Waals surface area contributed by atoms with Gasteiger partial charge in [-0.15, -0.1) is 0 Å². The van der Waals surface area contributed by atoms with Crippen molar-refractivity contribution in [3.8, 4) is 0 Å². The Morgan fingerprint density at radius 1 is 1.32 bits per heavy atom. The summed E-state index contributed by atoms with van der Waals surface area (Å²) in [6, 6.07) is -0.621. The first-order chi connectivity index (χ1) is 8.97. The largest absolute Gasteiger partial charge is 0.480 e. The van der Waals surface area contributed by atoms with Gasteiger partial charge in [-0.1, -0.05) is 26.2 Å². The van der Waals surface area contributed by atoms with Gasteiger partial charge in [0.2, 0.25) is 5.91 Å². The van der Waals surface area contributed by atoms with Crippen molar-refractivity contribution in [3.05, 3.63) is 0 Å². The average Bonchev–Trinajstić information content (AvgIpc) is 2.34. The second kappa shape index (κ2) is 11.1. The lowest BCUT2D eigenvalue weighted by Gasteiger charge is -2.13. The van der Waals surface area contributed by atoms with Crippen molar-refractivity contribution in [2.24, 2.45) is 5.73 Å². The zero-order valence-corrected chi connectivity index (χ0v) is 12.7. The van der Waals surface area contributed by atoms with Crippen LogP contribution in [0.25, 0.3) is 0 Å². The topological polar surface area (TPSA) is 92.4 Å².